The molecular formula is C31H45NO5. The van der Waals surface area contributed by atoms with Gasteiger partial charge in [0.05, 0.1) is 12.2 Å². The van der Waals surface area contributed by atoms with Crippen molar-refractivity contribution in [1.29, 1.82) is 0 Å². The lowest BCUT2D eigenvalue weighted by atomic mass is 9.33. The lowest BCUT2D eigenvalue weighted by molar-refractivity contribution is -0.312. The van der Waals surface area contributed by atoms with Crippen LogP contribution in [0.4, 0.5) is 0 Å². The lowest BCUT2D eigenvalue weighted by Gasteiger charge is -2.75. The summed E-state index contributed by atoms with van der Waals surface area (Å²) in [6, 6.07) is 4.79. The number of rotatable bonds is 7. The molecule has 5 aliphatic carbocycles. The van der Waals surface area contributed by atoms with Gasteiger partial charge >= 0.3 is 0 Å². The van der Waals surface area contributed by atoms with Gasteiger partial charge in [-0.05, 0) is 81.4 Å². The first-order chi connectivity index (χ1) is 17.6. The fraction of sp³-hybridized carbons (Fsp3) is 0.806. The Morgan fingerprint density at radius 3 is 2.59 bits per heavy atom. The van der Waals surface area contributed by atoms with Crippen LogP contribution < -0.4 is 9.47 Å². The Labute approximate surface area is 221 Å². The number of hydrogen-bond acceptors (Lipinski definition) is 6. The highest BCUT2D eigenvalue weighted by Gasteiger charge is 2.82. The van der Waals surface area contributed by atoms with Crippen molar-refractivity contribution in [3.8, 4) is 11.5 Å². The maximum atomic E-state index is 12.3. The molecule has 5 fully saturated rings. The molecule has 1 saturated heterocycles. The van der Waals surface area contributed by atoms with Crippen molar-refractivity contribution in [2.75, 3.05) is 33.4 Å². The normalized spacial score (nSPS) is 41.2. The number of benzene rings is 1. The van der Waals surface area contributed by atoms with Crippen molar-refractivity contribution < 1.29 is 24.4 Å². The number of aliphatic hydroxyl groups excluding tert-OH is 1. The van der Waals surface area contributed by atoms with E-state index in [4.69, 9.17) is 14.2 Å². The summed E-state index contributed by atoms with van der Waals surface area (Å²) in [5, 5.41) is 21.8. The fourth-order valence-electron chi connectivity index (χ4n) is 9.84. The minimum Gasteiger partial charge on any atom is -0.487 e. The maximum absolute atomic E-state index is 12.3. The summed E-state index contributed by atoms with van der Waals surface area (Å²) in [4.78, 5) is 2.84. The zero-order chi connectivity index (χ0) is 26.0. The molecule has 2 aliphatic heterocycles. The molecule has 8 rings (SSSR count). The molecule has 37 heavy (non-hydrogen) atoms. The van der Waals surface area contributed by atoms with Gasteiger partial charge in [0.15, 0.2) is 11.5 Å². The highest BCUT2D eigenvalue weighted by Crippen LogP contribution is 2.78. The average molecular weight is 512 g/mol. The van der Waals surface area contributed by atoms with Crippen LogP contribution in [0.25, 0.3) is 0 Å². The minimum atomic E-state index is -0.914. The van der Waals surface area contributed by atoms with Crippen molar-refractivity contribution in [1.82, 2.24) is 4.90 Å². The molecule has 6 nitrogen and oxygen atoms in total. The zero-order valence-corrected chi connectivity index (χ0v) is 23.3. The van der Waals surface area contributed by atoms with E-state index in [1.165, 1.54) is 30.5 Å². The summed E-state index contributed by atoms with van der Waals surface area (Å²) < 4.78 is 19.8. The molecule has 1 aromatic rings. The molecule has 204 valence electrons. The Kier molecular flexibility index (Phi) is 5.10. The predicted molar refractivity (Wildman–Crippen MR) is 141 cm³/mol. The van der Waals surface area contributed by atoms with Crippen LogP contribution in [0, 0.1) is 22.7 Å². The predicted octanol–water partition coefficient (Wildman–Crippen LogP) is 4.08. The largest absolute Gasteiger partial charge is 0.487 e. The van der Waals surface area contributed by atoms with E-state index in [1.807, 2.05) is 14.0 Å². The Bertz CT molecular complexity index is 1110. The number of aliphatic hydroxyl groups is 2. The number of hydrogen-bond donors (Lipinski definition) is 2. The molecule has 0 aromatic heterocycles. The highest BCUT2D eigenvalue weighted by molar-refractivity contribution is 5.63. The molecule has 2 unspecified atom stereocenters. The molecule has 4 bridgehead atoms. The van der Waals surface area contributed by atoms with Crippen molar-refractivity contribution in [2.45, 2.75) is 101 Å². The first-order valence-corrected chi connectivity index (χ1v) is 14.6. The lowest BCUT2D eigenvalue weighted by Crippen LogP contribution is -2.83. The number of piperidine rings is 1. The van der Waals surface area contributed by atoms with Gasteiger partial charge in [0, 0.05) is 42.0 Å². The number of nitrogens with zero attached hydrogens (tertiary/aromatic N) is 1. The molecule has 7 aliphatic rings. The second-order valence-electron chi connectivity index (χ2n) is 14.3. The van der Waals surface area contributed by atoms with Gasteiger partial charge in [-0.3, -0.25) is 4.90 Å². The van der Waals surface area contributed by atoms with Crippen LogP contribution in [0.3, 0.4) is 0 Å². The second kappa shape index (κ2) is 7.65. The van der Waals surface area contributed by atoms with Crippen molar-refractivity contribution in [2.24, 2.45) is 22.7 Å². The third kappa shape index (κ3) is 2.86. The van der Waals surface area contributed by atoms with Gasteiger partial charge in [-0.2, -0.15) is 0 Å². The van der Waals surface area contributed by atoms with E-state index in [0.717, 1.165) is 56.1 Å². The Balaban J connectivity index is 1.45. The summed E-state index contributed by atoms with van der Waals surface area (Å²) in [5.74, 6) is 2.45. The van der Waals surface area contributed by atoms with E-state index >= 15 is 0 Å². The quantitative estimate of drug-likeness (QED) is 0.575. The minimum absolute atomic E-state index is 0.0221. The molecule has 2 spiro atoms. The maximum Gasteiger partial charge on any atom is 0.165 e. The van der Waals surface area contributed by atoms with Crippen LogP contribution in [0.2, 0.25) is 0 Å². The van der Waals surface area contributed by atoms with Crippen molar-refractivity contribution >= 4 is 0 Å². The van der Waals surface area contributed by atoms with Crippen molar-refractivity contribution in [3.05, 3.63) is 23.3 Å². The average Bonchev–Trinajstić information content (AvgIpc) is 3.60. The SMILES string of the molecule is CO[C@@]12CC[C@]3(C[C@H]1[C@@](C)(O)C(C)(C)C)C1Cc4ccc(OCCO)c5c4[C@]3(CCN1CC1CC1)C2O5. The van der Waals surface area contributed by atoms with Gasteiger partial charge in [0.25, 0.3) is 0 Å². The monoisotopic (exact) mass is 511 g/mol. The zero-order valence-electron chi connectivity index (χ0n) is 23.3. The number of fused-ring (bicyclic) bond motifs is 2. The molecule has 1 aromatic carbocycles. The van der Waals surface area contributed by atoms with Gasteiger partial charge in [0.2, 0.25) is 0 Å². The van der Waals surface area contributed by atoms with E-state index in [1.54, 1.807) is 0 Å². The van der Waals surface area contributed by atoms with Gasteiger partial charge in [-0.15, -0.1) is 0 Å². The van der Waals surface area contributed by atoms with E-state index in [9.17, 15) is 10.2 Å². The van der Waals surface area contributed by atoms with Gasteiger partial charge in [-0.1, -0.05) is 26.8 Å². The molecule has 2 N–H and O–H groups in total. The molecule has 7 atom stereocenters. The summed E-state index contributed by atoms with van der Waals surface area (Å²) in [6.45, 7) is 11.1. The molecule has 4 saturated carbocycles. The highest BCUT2D eigenvalue weighted by atomic mass is 16.6. The first kappa shape index (κ1) is 24.7. The Hall–Kier alpha value is -1.34. The van der Waals surface area contributed by atoms with E-state index in [2.05, 4.69) is 37.8 Å². The Morgan fingerprint density at radius 1 is 1.14 bits per heavy atom. The van der Waals surface area contributed by atoms with Gasteiger partial charge in [0.1, 0.15) is 18.3 Å². The van der Waals surface area contributed by atoms with Crippen LogP contribution in [0.1, 0.15) is 77.3 Å². The Morgan fingerprint density at radius 2 is 1.92 bits per heavy atom. The van der Waals surface area contributed by atoms with Gasteiger partial charge in [-0.25, -0.2) is 0 Å². The van der Waals surface area contributed by atoms with Crippen LogP contribution in [-0.2, 0) is 16.6 Å². The molecule has 0 radical (unpaired) electrons. The third-order valence-electron chi connectivity index (χ3n) is 12.2. The number of methoxy groups -OCH3 is 1. The van der Waals surface area contributed by atoms with E-state index < -0.39 is 11.2 Å². The summed E-state index contributed by atoms with van der Waals surface area (Å²) in [6.07, 6.45) is 7.70. The van der Waals surface area contributed by atoms with E-state index in [-0.39, 0.29) is 41.5 Å². The molecular weight excluding hydrogens is 466 g/mol. The second-order valence-corrected chi connectivity index (χ2v) is 14.3. The molecule has 0 amide bonds. The summed E-state index contributed by atoms with van der Waals surface area (Å²) >= 11 is 0. The number of ether oxygens (including phenoxy) is 3. The van der Waals surface area contributed by atoms with Crippen LogP contribution in [0.15, 0.2) is 12.1 Å². The van der Waals surface area contributed by atoms with Gasteiger partial charge < -0.3 is 24.4 Å². The third-order valence-corrected chi connectivity index (χ3v) is 12.2. The summed E-state index contributed by atoms with van der Waals surface area (Å²) in [7, 11) is 1.85. The fourth-order valence-corrected chi connectivity index (χ4v) is 9.84. The van der Waals surface area contributed by atoms with Crippen LogP contribution in [-0.4, -0.2) is 71.9 Å². The van der Waals surface area contributed by atoms with E-state index in [0.29, 0.717) is 6.04 Å². The van der Waals surface area contributed by atoms with Crippen molar-refractivity contribution in [3.63, 3.8) is 0 Å². The first-order valence-electron chi connectivity index (χ1n) is 14.6. The molecule has 6 heteroatoms. The topological polar surface area (TPSA) is 71.4 Å². The standard InChI is InChI=1S/C31H45NO5/c1-27(2,3)28(4,34)22-17-29-10-11-31(22,35-5)26-30(29)12-13-32(18-19-6-7-19)23(29)16-20-8-9-21(36-15-14-33)25(37-26)24(20)30/h8-9,19,22-23,26,33-34H,6-7,10-18H2,1-5H3/t22-,23?,26?,28+,29-,30+,31-/m0/s1. The number of likely N-dealkylation sites (tertiary alicyclic amines) is 1. The van der Waals surface area contributed by atoms with Crippen LogP contribution in [0.5, 0.6) is 11.5 Å². The smallest absolute Gasteiger partial charge is 0.165 e. The summed E-state index contributed by atoms with van der Waals surface area (Å²) in [5.41, 5.74) is 0.907. The molecule has 2 heterocycles. The van der Waals surface area contributed by atoms with Crippen LogP contribution >= 0.6 is 0 Å².